The normalized spacial score (nSPS) is 36.8. The van der Waals surface area contributed by atoms with Crippen LogP contribution in [-0.4, -0.2) is 54.7 Å². The molecule has 0 aromatic carbocycles. The second-order valence-electron chi connectivity index (χ2n) is 4.72. The van der Waals surface area contributed by atoms with Crippen molar-refractivity contribution in [3.8, 4) is 0 Å². The van der Waals surface area contributed by atoms with Crippen LogP contribution in [0.4, 0.5) is 0 Å². The first-order valence-corrected chi connectivity index (χ1v) is 6.45. The van der Waals surface area contributed by atoms with Crippen LogP contribution < -0.4 is 0 Å². The Hall–Kier alpha value is -0.160. The largest absolute Gasteiger partial charge is 0.394 e. The fraction of sp³-hybridized carbons (Fsp3) is 1.00. The standard InChI is InChI=1S/C12H23NO3/c1-2-13-6-4-3-5-10(13)7-12-15-9-11(8-14)16-12/h10-12,14H,2-9H2,1H3. The predicted molar refractivity (Wildman–Crippen MR) is 61.2 cm³/mol. The first kappa shape index (κ1) is 12.3. The number of hydrogen-bond acceptors (Lipinski definition) is 4. The summed E-state index contributed by atoms with van der Waals surface area (Å²) in [5, 5.41) is 8.97. The number of nitrogens with zero attached hydrogens (tertiary/aromatic N) is 1. The molecule has 16 heavy (non-hydrogen) atoms. The maximum atomic E-state index is 8.97. The molecule has 1 N–H and O–H groups in total. The Morgan fingerprint density at radius 2 is 2.25 bits per heavy atom. The molecule has 0 amide bonds. The number of hydrogen-bond donors (Lipinski definition) is 1. The van der Waals surface area contributed by atoms with Crippen molar-refractivity contribution in [1.29, 1.82) is 0 Å². The molecule has 3 atom stereocenters. The van der Waals surface area contributed by atoms with Crippen molar-refractivity contribution in [2.75, 3.05) is 26.3 Å². The topological polar surface area (TPSA) is 41.9 Å². The van der Waals surface area contributed by atoms with E-state index in [-0.39, 0.29) is 19.0 Å². The van der Waals surface area contributed by atoms with E-state index in [1.54, 1.807) is 0 Å². The molecule has 0 bridgehead atoms. The van der Waals surface area contributed by atoms with Crippen LogP contribution in [0.2, 0.25) is 0 Å². The highest BCUT2D eigenvalue weighted by Crippen LogP contribution is 2.24. The Balaban J connectivity index is 1.79. The van der Waals surface area contributed by atoms with Crippen LogP contribution in [0.3, 0.4) is 0 Å². The van der Waals surface area contributed by atoms with Gasteiger partial charge in [-0.05, 0) is 25.9 Å². The zero-order valence-electron chi connectivity index (χ0n) is 10.1. The summed E-state index contributed by atoms with van der Waals surface area (Å²) >= 11 is 0. The van der Waals surface area contributed by atoms with E-state index in [0.29, 0.717) is 12.6 Å². The molecule has 0 aromatic rings. The molecule has 2 aliphatic heterocycles. The number of aliphatic hydroxyl groups excluding tert-OH is 1. The number of rotatable bonds is 4. The molecule has 0 aromatic heterocycles. The van der Waals surface area contributed by atoms with Crippen LogP contribution in [0, 0.1) is 0 Å². The van der Waals surface area contributed by atoms with Gasteiger partial charge >= 0.3 is 0 Å². The summed E-state index contributed by atoms with van der Waals surface area (Å²) in [5.41, 5.74) is 0. The Morgan fingerprint density at radius 3 is 2.94 bits per heavy atom. The van der Waals surface area contributed by atoms with Crippen molar-refractivity contribution < 1.29 is 14.6 Å². The number of piperidine rings is 1. The van der Waals surface area contributed by atoms with Crippen LogP contribution in [0.5, 0.6) is 0 Å². The van der Waals surface area contributed by atoms with Gasteiger partial charge in [0.25, 0.3) is 0 Å². The van der Waals surface area contributed by atoms with E-state index < -0.39 is 0 Å². The summed E-state index contributed by atoms with van der Waals surface area (Å²) < 4.78 is 11.2. The number of ether oxygens (including phenoxy) is 2. The van der Waals surface area contributed by atoms with E-state index in [2.05, 4.69) is 11.8 Å². The maximum absolute atomic E-state index is 8.97. The van der Waals surface area contributed by atoms with Crippen LogP contribution in [0.1, 0.15) is 32.6 Å². The molecular weight excluding hydrogens is 206 g/mol. The number of aliphatic hydroxyl groups is 1. The summed E-state index contributed by atoms with van der Waals surface area (Å²) in [7, 11) is 0. The highest BCUT2D eigenvalue weighted by molar-refractivity contribution is 4.78. The van der Waals surface area contributed by atoms with Crippen molar-refractivity contribution in [2.24, 2.45) is 0 Å². The summed E-state index contributed by atoms with van der Waals surface area (Å²) in [5.74, 6) is 0. The predicted octanol–water partition coefficient (Wildman–Crippen LogP) is 0.985. The highest BCUT2D eigenvalue weighted by Gasteiger charge is 2.30. The monoisotopic (exact) mass is 229 g/mol. The van der Waals surface area contributed by atoms with Crippen molar-refractivity contribution >= 4 is 0 Å². The molecule has 0 radical (unpaired) electrons. The Morgan fingerprint density at radius 1 is 1.38 bits per heavy atom. The lowest BCUT2D eigenvalue weighted by Crippen LogP contribution is -2.41. The van der Waals surface area contributed by atoms with Gasteiger partial charge in [-0.2, -0.15) is 0 Å². The zero-order valence-corrected chi connectivity index (χ0v) is 10.1. The Labute approximate surface area is 97.5 Å². The second-order valence-corrected chi connectivity index (χ2v) is 4.72. The van der Waals surface area contributed by atoms with E-state index in [1.807, 2.05) is 0 Å². The van der Waals surface area contributed by atoms with E-state index in [1.165, 1.54) is 25.8 Å². The molecule has 4 heteroatoms. The SMILES string of the molecule is CCN1CCCCC1CC1OCC(CO)O1. The van der Waals surface area contributed by atoms with E-state index in [0.717, 1.165) is 13.0 Å². The Bertz CT molecular complexity index is 212. The van der Waals surface area contributed by atoms with Gasteiger partial charge in [-0.3, -0.25) is 0 Å². The minimum Gasteiger partial charge on any atom is -0.394 e. The van der Waals surface area contributed by atoms with Crippen molar-refractivity contribution in [1.82, 2.24) is 4.90 Å². The van der Waals surface area contributed by atoms with Gasteiger partial charge in [0.05, 0.1) is 13.2 Å². The smallest absolute Gasteiger partial charge is 0.159 e. The average molecular weight is 229 g/mol. The average Bonchev–Trinajstić information content (AvgIpc) is 2.77. The van der Waals surface area contributed by atoms with E-state index >= 15 is 0 Å². The molecule has 4 nitrogen and oxygen atoms in total. The number of likely N-dealkylation sites (tertiary alicyclic amines) is 1. The minimum atomic E-state index is -0.108. The van der Waals surface area contributed by atoms with Gasteiger partial charge in [-0.1, -0.05) is 13.3 Å². The van der Waals surface area contributed by atoms with Crippen molar-refractivity contribution in [3.63, 3.8) is 0 Å². The van der Waals surface area contributed by atoms with Crippen LogP contribution in [0.15, 0.2) is 0 Å². The van der Waals surface area contributed by atoms with Gasteiger partial charge < -0.3 is 19.5 Å². The molecule has 0 aliphatic carbocycles. The molecule has 3 unspecified atom stereocenters. The molecule has 2 aliphatic rings. The maximum Gasteiger partial charge on any atom is 0.159 e. The van der Waals surface area contributed by atoms with Crippen molar-refractivity contribution in [3.05, 3.63) is 0 Å². The summed E-state index contributed by atoms with van der Waals surface area (Å²) in [6, 6.07) is 0.598. The quantitative estimate of drug-likeness (QED) is 0.780. The molecule has 94 valence electrons. The third-order valence-electron chi connectivity index (χ3n) is 3.64. The van der Waals surface area contributed by atoms with Crippen LogP contribution in [0.25, 0.3) is 0 Å². The molecule has 2 heterocycles. The minimum absolute atomic E-state index is 0.0681. The molecule has 0 spiro atoms. The van der Waals surface area contributed by atoms with Gasteiger partial charge in [-0.15, -0.1) is 0 Å². The van der Waals surface area contributed by atoms with Gasteiger partial charge in [0, 0.05) is 12.5 Å². The van der Waals surface area contributed by atoms with E-state index in [4.69, 9.17) is 14.6 Å². The highest BCUT2D eigenvalue weighted by atomic mass is 16.7. The molecule has 0 saturated carbocycles. The molecule has 2 rings (SSSR count). The molecule has 2 saturated heterocycles. The first-order chi connectivity index (χ1) is 7.83. The Kier molecular flexibility index (Phi) is 4.58. The summed E-state index contributed by atoms with van der Waals surface area (Å²) in [4.78, 5) is 2.52. The third-order valence-corrected chi connectivity index (χ3v) is 3.64. The van der Waals surface area contributed by atoms with Gasteiger partial charge in [0.2, 0.25) is 0 Å². The molecule has 2 fully saturated rings. The lowest BCUT2D eigenvalue weighted by molar-refractivity contribution is -0.0848. The second kappa shape index (κ2) is 5.96. The van der Waals surface area contributed by atoms with Crippen LogP contribution in [-0.2, 0) is 9.47 Å². The van der Waals surface area contributed by atoms with Gasteiger partial charge in [0.1, 0.15) is 6.10 Å². The molecular formula is C12H23NO3. The summed E-state index contributed by atoms with van der Waals surface area (Å²) in [6.07, 6.45) is 4.62. The lowest BCUT2D eigenvalue weighted by atomic mass is 9.99. The van der Waals surface area contributed by atoms with E-state index in [9.17, 15) is 0 Å². The van der Waals surface area contributed by atoms with Crippen LogP contribution >= 0.6 is 0 Å². The van der Waals surface area contributed by atoms with Gasteiger partial charge in [-0.25, -0.2) is 0 Å². The lowest BCUT2D eigenvalue weighted by Gasteiger charge is -2.35. The van der Waals surface area contributed by atoms with Gasteiger partial charge in [0.15, 0.2) is 6.29 Å². The first-order valence-electron chi connectivity index (χ1n) is 6.45. The fourth-order valence-corrected chi connectivity index (χ4v) is 2.69. The van der Waals surface area contributed by atoms with Crippen molar-refractivity contribution in [2.45, 2.75) is 51.0 Å². The summed E-state index contributed by atoms with van der Waals surface area (Å²) in [6.45, 7) is 5.14. The third kappa shape index (κ3) is 2.94. The zero-order chi connectivity index (χ0) is 11.4. The fourth-order valence-electron chi connectivity index (χ4n) is 2.69.